The van der Waals surface area contributed by atoms with Gasteiger partial charge in [-0.25, -0.2) is 8.96 Å². The van der Waals surface area contributed by atoms with E-state index in [9.17, 15) is 0 Å². The zero-order chi connectivity index (χ0) is 26.7. The van der Waals surface area contributed by atoms with Crippen molar-refractivity contribution in [1.82, 2.24) is 0 Å². The molecule has 0 radical (unpaired) electrons. The first kappa shape index (κ1) is 16.4. The van der Waals surface area contributed by atoms with E-state index in [2.05, 4.69) is 0 Å². The van der Waals surface area contributed by atoms with Gasteiger partial charge in [-0.05, 0) is 47.4 Å². The predicted molar refractivity (Wildman–Crippen MR) is 136 cm³/mol. The summed E-state index contributed by atoms with van der Waals surface area (Å²) >= 11 is 0. The number of aromatic nitrogens is 1. The zero-order valence-electron chi connectivity index (χ0n) is 22.7. The van der Waals surface area contributed by atoms with Gasteiger partial charge in [0.2, 0.25) is 5.69 Å². The van der Waals surface area contributed by atoms with E-state index in [4.69, 9.17) is 9.90 Å². The molecule has 0 aliphatic rings. The number of rotatable bonds is 3. The standard InChI is InChI=1S/C31H23FNO/c1-20-11-16-24-25-17-18-26(32)29(23-14-12-22(13-15-23)21-8-4-3-5-9-21)31(25)34-30(24)28(20)27-10-6-7-19-33(27)2/h3-19H,1-2H3/q+1/i12D,13D,14D,15D. The molecule has 0 atom stereocenters. The van der Waals surface area contributed by atoms with Gasteiger partial charge in [0.15, 0.2) is 6.20 Å². The summed E-state index contributed by atoms with van der Waals surface area (Å²) in [6, 6.07) is 20.5. The molecule has 0 aliphatic heterocycles. The third-order valence-corrected chi connectivity index (χ3v) is 6.22. The molecule has 2 heterocycles. The van der Waals surface area contributed by atoms with E-state index in [1.165, 1.54) is 6.07 Å². The molecule has 0 aliphatic carbocycles. The van der Waals surface area contributed by atoms with Crippen molar-refractivity contribution in [2.75, 3.05) is 0 Å². The van der Waals surface area contributed by atoms with E-state index >= 15 is 4.39 Å². The molecule has 164 valence electrons. The second kappa shape index (κ2) is 7.96. The molecular formula is C31H23FNO+. The molecule has 0 N–H and O–H groups in total. The normalized spacial score (nSPS) is 13.0. The number of nitrogens with zero attached hydrogens (tertiary/aromatic N) is 1. The Morgan fingerprint density at radius 3 is 2.09 bits per heavy atom. The minimum atomic E-state index is -0.673. The van der Waals surface area contributed by atoms with Crippen molar-refractivity contribution in [3.8, 4) is 33.5 Å². The van der Waals surface area contributed by atoms with Gasteiger partial charge in [0.05, 0.1) is 16.6 Å². The number of benzene rings is 4. The summed E-state index contributed by atoms with van der Waals surface area (Å²) < 4.78 is 59.0. The maximum Gasteiger partial charge on any atom is 0.216 e. The number of pyridine rings is 1. The van der Waals surface area contributed by atoms with E-state index in [-0.39, 0.29) is 46.4 Å². The Morgan fingerprint density at radius 2 is 1.35 bits per heavy atom. The van der Waals surface area contributed by atoms with Gasteiger partial charge < -0.3 is 4.42 Å². The van der Waals surface area contributed by atoms with Crippen molar-refractivity contribution in [1.29, 1.82) is 0 Å². The zero-order valence-corrected chi connectivity index (χ0v) is 18.7. The van der Waals surface area contributed by atoms with Crippen LogP contribution < -0.4 is 4.57 Å². The Labute approximate surface area is 203 Å². The van der Waals surface area contributed by atoms with Gasteiger partial charge in [0, 0.05) is 22.9 Å². The van der Waals surface area contributed by atoms with Crippen LogP contribution in [0.4, 0.5) is 4.39 Å². The van der Waals surface area contributed by atoms with Crippen molar-refractivity contribution in [3.63, 3.8) is 0 Å². The minimum absolute atomic E-state index is 0.0728. The molecule has 0 saturated carbocycles. The lowest BCUT2D eigenvalue weighted by Crippen LogP contribution is -2.30. The highest BCUT2D eigenvalue weighted by Crippen LogP contribution is 2.41. The van der Waals surface area contributed by atoms with Crippen LogP contribution in [0.25, 0.3) is 55.4 Å². The summed E-state index contributed by atoms with van der Waals surface area (Å²) in [5.41, 5.74) is 4.09. The summed E-state index contributed by atoms with van der Waals surface area (Å²) in [6.45, 7) is 1.99. The van der Waals surface area contributed by atoms with E-state index < -0.39 is 5.82 Å². The number of halogens is 1. The highest BCUT2D eigenvalue weighted by molar-refractivity contribution is 6.13. The third kappa shape index (κ3) is 3.20. The number of hydrogen-bond donors (Lipinski definition) is 0. The Hall–Kier alpha value is -4.24. The number of hydrogen-bond acceptors (Lipinski definition) is 1. The molecule has 2 aromatic heterocycles. The first-order chi connectivity index (χ1) is 18.3. The quantitative estimate of drug-likeness (QED) is 0.252. The van der Waals surface area contributed by atoms with Gasteiger partial charge in [0.1, 0.15) is 24.0 Å². The molecule has 0 bridgehead atoms. The second-order valence-corrected chi connectivity index (χ2v) is 8.35. The minimum Gasteiger partial charge on any atom is -0.454 e. The molecule has 3 heteroatoms. The lowest BCUT2D eigenvalue weighted by atomic mass is 9.97. The SMILES string of the molecule is [2H]c1c([2H])c(-c2c(F)ccc3c2oc2c(-c4cccc[n+]4C)c(C)ccc23)c([2H])c([2H])c1-c1ccccc1. The smallest absolute Gasteiger partial charge is 0.216 e. The summed E-state index contributed by atoms with van der Waals surface area (Å²) in [6.07, 6.45) is 1.94. The van der Waals surface area contributed by atoms with Crippen LogP contribution in [0.5, 0.6) is 0 Å². The molecule has 0 saturated heterocycles. The molecule has 0 fully saturated rings. The topological polar surface area (TPSA) is 17.0 Å². The van der Waals surface area contributed by atoms with E-state index in [0.29, 0.717) is 16.5 Å². The lowest BCUT2D eigenvalue weighted by molar-refractivity contribution is -0.660. The van der Waals surface area contributed by atoms with Gasteiger partial charge in [-0.3, -0.25) is 0 Å². The van der Waals surface area contributed by atoms with Gasteiger partial charge in [-0.1, -0.05) is 66.6 Å². The highest BCUT2D eigenvalue weighted by Gasteiger charge is 2.22. The van der Waals surface area contributed by atoms with Crippen LogP contribution in [-0.2, 0) is 7.05 Å². The van der Waals surface area contributed by atoms with Crippen LogP contribution in [0.15, 0.2) is 108 Å². The fourth-order valence-corrected chi connectivity index (χ4v) is 4.50. The van der Waals surface area contributed by atoms with Crippen LogP contribution in [0, 0.1) is 12.7 Å². The Balaban J connectivity index is 1.70. The molecule has 0 spiro atoms. The highest BCUT2D eigenvalue weighted by atomic mass is 19.1. The van der Waals surface area contributed by atoms with E-state index in [1.54, 1.807) is 30.3 Å². The number of furan rings is 1. The second-order valence-electron chi connectivity index (χ2n) is 8.35. The van der Waals surface area contributed by atoms with Gasteiger partial charge in [-0.2, -0.15) is 0 Å². The monoisotopic (exact) mass is 448 g/mol. The largest absolute Gasteiger partial charge is 0.454 e. The van der Waals surface area contributed by atoms with Crippen molar-refractivity contribution >= 4 is 21.9 Å². The van der Waals surface area contributed by atoms with Crippen molar-refractivity contribution in [2.45, 2.75) is 6.92 Å². The van der Waals surface area contributed by atoms with Gasteiger partial charge in [0.25, 0.3) is 0 Å². The first-order valence-electron chi connectivity index (χ1n) is 13.0. The Kier molecular flexibility index (Phi) is 3.84. The molecule has 2 nitrogen and oxygen atoms in total. The summed E-state index contributed by atoms with van der Waals surface area (Å²) in [5.74, 6) is -0.673. The molecule has 0 amide bonds. The maximum absolute atomic E-state index is 15.6. The molecule has 0 unspecified atom stereocenters. The lowest BCUT2D eigenvalue weighted by Gasteiger charge is -2.07. The van der Waals surface area contributed by atoms with Crippen LogP contribution in [-0.4, -0.2) is 0 Å². The predicted octanol–water partition coefficient (Wildman–Crippen LogP) is 7.86. The van der Waals surface area contributed by atoms with E-state index in [0.717, 1.165) is 22.2 Å². The van der Waals surface area contributed by atoms with Crippen LogP contribution in [0.1, 0.15) is 11.0 Å². The van der Waals surface area contributed by atoms with Crippen LogP contribution in [0.3, 0.4) is 0 Å². The first-order valence-corrected chi connectivity index (χ1v) is 11.0. The summed E-state index contributed by atoms with van der Waals surface area (Å²) in [7, 11) is 1.94. The Bertz CT molecular complexity index is 1870. The average molecular weight is 449 g/mol. The van der Waals surface area contributed by atoms with Crippen molar-refractivity contribution < 1.29 is 18.9 Å². The molecule has 6 aromatic rings. The van der Waals surface area contributed by atoms with Gasteiger partial charge >= 0.3 is 0 Å². The van der Waals surface area contributed by atoms with Crippen molar-refractivity contribution in [3.05, 3.63) is 115 Å². The van der Waals surface area contributed by atoms with Crippen LogP contribution >= 0.6 is 0 Å². The summed E-state index contributed by atoms with van der Waals surface area (Å²) in [4.78, 5) is 0. The average Bonchev–Trinajstić information content (AvgIpc) is 3.29. The summed E-state index contributed by atoms with van der Waals surface area (Å²) in [5, 5.41) is 1.42. The van der Waals surface area contributed by atoms with Crippen molar-refractivity contribution in [2.24, 2.45) is 7.05 Å². The Morgan fingerprint density at radius 1 is 0.706 bits per heavy atom. The fraction of sp³-hybridized carbons (Fsp3) is 0.0645. The number of fused-ring (bicyclic) bond motifs is 3. The van der Waals surface area contributed by atoms with Crippen LogP contribution in [0.2, 0.25) is 0 Å². The molecular weight excluding hydrogens is 421 g/mol. The molecule has 34 heavy (non-hydrogen) atoms. The maximum atomic E-state index is 15.6. The van der Waals surface area contributed by atoms with E-state index in [1.807, 2.05) is 61.1 Å². The van der Waals surface area contributed by atoms with Gasteiger partial charge in [-0.15, -0.1) is 0 Å². The number of aryl methyl sites for hydroxylation is 2. The third-order valence-electron chi connectivity index (χ3n) is 6.22. The molecule has 6 rings (SSSR count). The fourth-order valence-electron chi connectivity index (χ4n) is 4.50. The molecule has 4 aromatic carbocycles.